The van der Waals surface area contributed by atoms with Gasteiger partial charge < -0.3 is 15.0 Å². The zero-order valence-corrected chi connectivity index (χ0v) is 30.0. The molecule has 19 heteroatoms. The van der Waals surface area contributed by atoms with Crippen molar-refractivity contribution in [1.82, 2.24) is 19.5 Å². The summed E-state index contributed by atoms with van der Waals surface area (Å²) in [5, 5.41) is 23.1. The van der Waals surface area contributed by atoms with Crippen molar-refractivity contribution >= 4 is 44.3 Å². The number of benzene rings is 3. The topological polar surface area (TPSA) is 161 Å². The fourth-order valence-corrected chi connectivity index (χ4v) is 8.44. The van der Waals surface area contributed by atoms with Crippen molar-refractivity contribution < 1.29 is 40.4 Å². The lowest BCUT2D eigenvalue weighted by Gasteiger charge is -2.38. The van der Waals surface area contributed by atoms with E-state index in [9.17, 15) is 27.7 Å². The summed E-state index contributed by atoms with van der Waals surface area (Å²) in [7, 11) is -4.13. The number of nitrogens with zero attached hydrogens (tertiary/aromatic N) is 6. The second-order valence-electron chi connectivity index (χ2n) is 12.2. The SMILES string of the molecule is CCN(C[C@@H]1CCCN(c2c(NC(=O)c3csc(-c4ccnnc4)n3)ccc(Oc3cccc(F)c3)c2C(F)(F)F)C1)S(=O)(=O)c1ccc([N+](=O)[O-])cc1. The van der Waals surface area contributed by atoms with Gasteiger partial charge in [0.15, 0.2) is 0 Å². The van der Waals surface area contributed by atoms with Crippen LogP contribution in [-0.2, 0) is 16.2 Å². The lowest BCUT2D eigenvalue weighted by Crippen LogP contribution is -2.43. The quantitative estimate of drug-likeness (QED) is 0.0757. The second kappa shape index (κ2) is 15.8. The number of nitro groups is 1. The van der Waals surface area contributed by atoms with Crippen molar-refractivity contribution in [2.75, 3.05) is 36.4 Å². The molecule has 0 saturated carbocycles. The average molecular weight is 786 g/mol. The first-order chi connectivity index (χ1) is 25.7. The van der Waals surface area contributed by atoms with Crippen LogP contribution in [0.5, 0.6) is 11.5 Å². The smallest absolute Gasteiger partial charge is 0.422 e. The molecule has 0 aliphatic carbocycles. The molecule has 0 bridgehead atoms. The molecule has 282 valence electrons. The Bertz CT molecular complexity index is 2260. The van der Waals surface area contributed by atoms with Crippen LogP contribution >= 0.6 is 11.3 Å². The van der Waals surface area contributed by atoms with Gasteiger partial charge in [-0.25, -0.2) is 17.8 Å². The second-order valence-corrected chi connectivity index (χ2v) is 15.0. The highest BCUT2D eigenvalue weighted by atomic mass is 32.2. The number of hydrogen-bond acceptors (Lipinski definition) is 11. The molecule has 6 rings (SSSR count). The Hall–Kier alpha value is -5.53. The van der Waals surface area contributed by atoms with Gasteiger partial charge >= 0.3 is 6.18 Å². The maximum atomic E-state index is 15.2. The number of amides is 1. The summed E-state index contributed by atoms with van der Waals surface area (Å²) in [6.07, 6.45) is -1.30. The van der Waals surface area contributed by atoms with Crippen LogP contribution in [0.3, 0.4) is 0 Å². The van der Waals surface area contributed by atoms with Crippen molar-refractivity contribution in [1.29, 1.82) is 0 Å². The Morgan fingerprint density at radius 1 is 1.13 bits per heavy atom. The first-order valence-corrected chi connectivity index (χ1v) is 18.8. The first-order valence-electron chi connectivity index (χ1n) is 16.5. The molecule has 3 aromatic carbocycles. The highest BCUT2D eigenvalue weighted by molar-refractivity contribution is 7.89. The fourth-order valence-electron chi connectivity index (χ4n) is 6.12. The van der Waals surface area contributed by atoms with Gasteiger partial charge in [-0.3, -0.25) is 14.9 Å². The minimum atomic E-state index is -5.04. The molecule has 1 amide bonds. The van der Waals surface area contributed by atoms with Gasteiger partial charge in [-0.15, -0.1) is 11.3 Å². The van der Waals surface area contributed by atoms with Crippen LogP contribution in [0.4, 0.5) is 34.6 Å². The number of nitro benzene ring substituents is 1. The van der Waals surface area contributed by atoms with Crippen LogP contribution in [0.15, 0.2) is 89.4 Å². The van der Waals surface area contributed by atoms with Gasteiger partial charge in [0.1, 0.15) is 33.6 Å². The highest BCUT2D eigenvalue weighted by Gasteiger charge is 2.42. The van der Waals surface area contributed by atoms with E-state index in [4.69, 9.17) is 4.74 Å². The van der Waals surface area contributed by atoms with E-state index in [1.807, 2.05) is 0 Å². The first kappa shape index (κ1) is 38.2. The number of hydrogen-bond donors (Lipinski definition) is 1. The fraction of sp³-hybridized carbons (Fsp3) is 0.257. The monoisotopic (exact) mass is 785 g/mol. The molecule has 2 aromatic heterocycles. The number of ether oxygens (including phenoxy) is 1. The van der Waals surface area contributed by atoms with Crippen LogP contribution in [0, 0.1) is 21.8 Å². The van der Waals surface area contributed by atoms with E-state index < -0.39 is 55.8 Å². The summed E-state index contributed by atoms with van der Waals surface area (Å²) < 4.78 is 93.7. The van der Waals surface area contributed by atoms with Crippen molar-refractivity contribution in [3.05, 3.63) is 112 Å². The number of carbonyl (C=O) groups is 1. The van der Waals surface area contributed by atoms with Crippen LogP contribution in [0.25, 0.3) is 10.6 Å². The largest absolute Gasteiger partial charge is 0.457 e. The molecule has 13 nitrogen and oxygen atoms in total. The maximum Gasteiger partial charge on any atom is 0.422 e. The van der Waals surface area contributed by atoms with Crippen molar-refractivity contribution in [3.63, 3.8) is 0 Å². The summed E-state index contributed by atoms with van der Waals surface area (Å²) >= 11 is 1.13. The van der Waals surface area contributed by atoms with Gasteiger partial charge in [0, 0.05) is 55.3 Å². The van der Waals surface area contributed by atoms with Crippen molar-refractivity contribution in [3.8, 4) is 22.1 Å². The molecule has 1 aliphatic rings. The number of piperidine rings is 1. The zero-order valence-electron chi connectivity index (χ0n) is 28.4. The van der Waals surface area contributed by atoms with Crippen molar-refractivity contribution in [2.24, 2.45) is 5.92 Å². The molecule has 1 N–H and O–H groups in total. The van der Waals surface area contributed by atoms with Gasteiger partial charge in [0.2, 0.25) is 10.0 Å². The summed E-state index contributed by atoms with van der Waals surface area (Å²) in [5.74, 6) is -2.80. The normalized spacial score (nSPS) is 14.9. The minimum absolute atomic E-state index is 0.0209. The number of non-ortho nitro benzene ring substituents is 1. The molecule has 54 heavy (non-hydrogen) atoms. The molecule has 0 unspecified atom stereocenters. The van der Waals surface area contributed by atoms with Gasteiger partial charge in [0.05, 0.1) is 33.6 Å². The summed E-state index contributed by atoms with van der Waals surface area (Å²) in [5.41, 5.74) is -1.59. The maximum absolute atomic E-state index is 15.2. The van der Waals surface area contributed by atoms with E-state index in [0.717, 1.165) is 53.8 Å². The molecule has 0 spiro atoms. The standard InChI is InChI=1S/C35H31F4N7O6S2/c1-2-45(54(50,51)27-10-8-25(9-11-27)46(48)49)20-22-5-4-16-44(19-22)32-28(42-33(47)29-21-53-34(43-29)23-14-15-40-41-18-23)12-13-30(31(32)35(37,38)39)52-26-7-3-6-24(36)17-26/h3,6-15,17-18,21-22H,2,4-5,16,19-20H2,1H3,(H,42,47)/t22-/m1/s1. The Kier molecular flexibility index (Phi) is 11.2. The molecule has 5 aromatic rings. The molecular formula is C35H31F4N7O6S2. The van der Waals surface area contributed by atoms with Crippen LogP contribution in [0.2, 0.25) is 0 Å². The third-order valence-electron chi connectivity index (χ3n) is 8.60. The Labute approximate surface area is 310 Å². The lowest BCUT2D eigenvalue weighted by atomic mass is 9.96. The average Bonchev–Trinajstić information content (AvgIpc) is 3.65. The predicted molar refractivity (Wildman–Crippen MR) is 191 cm³/mol. The number of nitrogens with one attached hydrogen (secondary N) is 1. The molecule has 0 radical (unpaired) electrons. The number of sulfonamides is 1. The number of thiazole rings is 1. The van der Waals surface area contributed by atoms with E-state index in [2.05, 4.69) is 20.5 Å². The van der Waals surface area contributed by atoms with Gasteiger partial charge in [-0.05, 0) is 61.2 Å². The molecular weight excluding hydrogens is 755 g/mol. The third kappa shape index (κ3) is 8.48. The lowest BCUT2D eigenvalue weighted by molar-refractivity contribution is -0.384. The number of aromatic nitrogens is 3. The molecule has 1 atom stereocenters. The van der Waals surface area contributed by atoms with Crippen LogP contribution in [0.1, 0.15) is 35.8 Å². The zero-order chi connectivity index (χ0) is 38.6. The Balaban J connectivity index is 1.35. The van der Waals surface area contributed by atoms with E-state index in [1.54, 1.807) is 13.0 Å². The Morgan fingerprint density at radius 2 is 1.91 bits per heavy atom. The minimum Gasteiger partial charge on any atom is -0.457 e. The summed E-state index contributed by atoms with van der Waals surface area (Å²) in [4.78, 5) is 29.6. The number of halogens is 4. The number of rotatable bonds is 12. The summed E-state index contributed by atoms with van der Waals surface area (Å²) in [6.45, 7) is 1.63. The third-order valence-corrected chi connectivity index (χ3v) is 11.4. The highest BCUT2D eigenvalue weighted by Crippen LogP contribution is 2.48. The molecule has 3 heterocycles. The van der Waals surface area contributed by atoms with Crippen LogP contribution in [-0.4, -0.2) is 64.9 Å². The molecule has 1 fully saturated rings. The summed E-state index contributed by atoms with van der Waals surface area (Å²) in [6, 6.07) is 13.0. The number of alkyl halides is 3. The van der Waals surface area contributed by atoms with Gasteiger partial charge in [-0.1, -0.05) is 13.0 Å². The molecule has 1 saturated heterocycles. The van der Waals surface area contributed by atoms with E-state index in [1.165, 1.54) is 45.2 Å². The van der Waals surface area contributed by atoms with E-state index in [-0.39, 0.29) is 53.9 Å². The van der Waals surface area contributed by atoms with Gasteiger partial charge in [0.25, 0.3) is 11.6 Å². The predicted octanol–water partition coefficient (Wildman–Crippen LogP) is 7.64. The number of carbonyl (C=O) groups excluding carboxylic acids is 1. The van der Waals surface area contributed by atoms with E-state index in [0.29, 0.717) is 23.4 Å². The molecule has 1 aliphatic heterocycles. The van der Waals surface area contributed by atoms with Crippen molar-refractivity contribution in [2.45, 2.75) is 30.8 Å². The number of anilines is 2. The Morgan fingerprint density at radius 3 is 2.57 bits per heavy atom. The van der Waals surface area contributed by atoms with Crippen LogP contribution < -0.4 is 15.0 Å². The van der Waals surface area contributed by atoms with E-state index >= 15 is 13.2 Å². The van der Waals surface area contributed by atoms with Gasteiger partial charge in [-0.2, -0.15) is 27.7 Å².